The Morgan fingerprint density at radius 3 is 2.84 bits per heavy atom. The van der Waals surface area contributed by atoms with E-state index in [2.05, 4.69) is 15.1 Å². The summed E-state index contributed by atoms with van der Waals surface area (Å²) in [6.07, 6.45) is 5.61. The zero-order chi connectivity index (χ0) is 17.4. The Hall–Kier alpha value is -2.67. The smallest absolute Gasteiger partial charge is 0.128 e. The van der Waals surface area contributed by atoms with Crippen molar-refractivity contribution in [3.8, 4) is 17.0 Å². The molecule has 0 saturated carbocycles. The second-order valence-electron chi connectivity index (χ2n) is 6.40. The van der Waals surface area contributed by atoms with Gasteiger partial charge < -0.3 is 4.74 Å². The number of halogens is 1. The van der Waals surface area contributed by atoms with E-state index >= 15 is 0 Å². The topological polar surface area (TPSA) is 47.9 Å². The van der Waals surface area contributed by atoms with Crippen LogP contribution in [-0.2, 0) is 20.6 Å². The Kier molecular flexibility index (Phi) is 4.01. The van der Waals surface area contributed by atoms with Crippen molar-refractivity contribution >= 4 is 0 Å². The van der Waals surface area contributed by atoms with E-state index in [-0.39, 0.29) is 5.82 Å². The zero-order valence-electron chi connectivity index (χ0n) is 14.3. The lowest BCUT2D eigenvalue weighted by atomic mass is 10.1. The molecule has 0 spiro atoms. The molecule has 4 rings (SSSR count). The monoisotopic (exact) mass is 341 g/mol. The minimum atomic E-state index is -0.284. The molecule has 2 aromatic heterocycles. The fourth-order valence-corrected chi connectivity index (χ4v) is 3.02. The lowest BCUT2D eigenvalue weighted by Gasteiger charge is -2.12. The standard InChI is InChI=1S/C18H20FN5O/c1-22-9-13(8-21-22)10-24-11-15(24)12-25-18-4-3-14(19)7-16(18)17-5-6-20-23(17)2/h3-9,15H,10-12H2,1-2H3. The van der Waals surface area contributed by atoms with Gasteiger partial charge in [-0.25, -0.2) is 4.39 Å². The van der Waals surface area contributed by atoms with Gasteiger partial charge in [0.25, 0.3) is 0 Å². The van der Waals surface area contributed by atoms with E-state index < -0.39 is 0 Å². The van der Waals surface area contributed by atoms with Gasteiger partial charge in [0.1, 0.15) is 18.2 Å². The molecule has 1 aliphatic heterocycles. The molecule has 130 valence electrons. The molecule has 6 nitrogen and oxygen atoms in total. The zero-order valence-corrected chi connectivity index (χ0v) is 14.3. The van der Waals surface area contributed by atoms with Crippen molar-refractivity contribution in [2.24, 2.45) is 14.1 Å². The van der Waals surface area contributed by atoms with Gasteiger partial charge in [-0.3, -0.25) is 14.3 Å². The number of hydrogen-bond donors (Lipinski definition) is 0. The first-order valence-corrected chi connectivity index (χ1v) is 8.22. The number of nitrogens with zero attached hydrogens (tertiary/aromatic N) is 5. The largest absolute Gasteiger partial charge is 0.491 e. The van der Waals surface area contributed by atoms with E-state index in [1.54, 1.807) is 16.9 Å². The molecule has 0 radical (unpaired) electrons. The molecular weight excluding hydrogens is 321 g/mol. The van der Waals surface area contributed by atoms with Crippen molar-refractivity contribution in [2.45, 2.75) is 12.6 Å². The second kappa shape index (κ2) is 6.33. The predicted octanol–water partition coefficient (Wildman–Crippen LogP) is 2.22. The summed E-state index contributed by atoms with van der Waals surface area (Å²) >= 11 is 0. The molecule has 0 amide bonds. The Balaban J connectivity index is 1.41. The van der Waals surface area contributed by atoms with Gasteiger partial charge in [-0.2, -0.15) is 10.2 Å². The molecule has 0 bridgehead atoms. The third kappa shape index (κ3) is 3.41. The average molecular weight is 341 g/mol. The lowest BCUT2D eigenvalue weighted by molar-refractivity contribution is 0.293. The van der Waals surface area contributed by atoms with Crippen LogP contribution in [0.3, 0.4) is 0 Å². The van der Waals surface area contributed by atoms with Crippen LogP contribution in [0.25, 0.3) is 11.3 Å². The lowest BCUT2D eigenvalue weighted by Crippen LogP contribution is -2.11. The highest BCUT2D eigenvalue weighted by Gasteiger charge is 2.34. The van der Waals surface area contributed by atoms with E-state index in [4.69, 9.17) is 4.74 Å². The number of ether oxygens (including phenoxy) is 1. The summed E-state index contributed by atoms with van der Waals surface area (Å²) in [7, 11) is 3.75. The Morgan fingerprint density at radius 1 is 1.24 bits per heavy atom. The Morgan fingerprint density at radius 2 is 2.12 bits per heavy atom. The molecule has 1 aliphatic rings. The van der Waals surface area contributed by atoms with Gasteiger partial charge in [0.15, 0.2) is 0 Å². The number of hydrogen-bond acceptors (Lipinski definition) is 4. The quantitative estimate of drug-likeness (QED) is 0.645. The van der Waals surface area contributed by atoms with Gasteiger partial charge >= 0.3 is 0 Å². The van der Waals surface area contributed by atoms with Crippen LogP contribution in [0.2, 0.25) is 0 Å². The van der Waals surface area contributed by atoms with E-state index in [0.29, 0.717) is 18.4 Å². The van der Waals surface area contributed by atoms with Crippen molar-refractivity contribution in [1.82, 2.24) is 24.5 Å². The van der Waals surface area contributed by atoms with Gasteiger partial charge in [0.2, 0.25) is 0 Å². The first-order chi connectivity index (χ1) is 12.1. The van der Waals surface area contributed by atoms with Gasteiger partial charge in [-0.15, -0.1) is 0 Å². The minimum Gasteiger partial charge on any atom is -0.491 e. The van der Waals surface area contributed by atoms with Crippen LogP contribution >= 0.6 is 0 Å². The summed E-state index contributed by atoms with van der Waals surface area (Å²) in [5, 5.41) is 8.34. The van der Waals surface area contributed by atoms with Crippen LogP contribution in [0.1, 0.15) is 5.56 Å². The summed E-state index contributed by atoms with van der Waals surface area (Å²) in [4.78, 5) is 2.32. The molecule has 2 unspecified atom stereocenters. The van der Waals surface area contributed by atoms with Gasteiger partial charge in [0.05, 0.1) is 17.9 Å². The second-order valence-corrected chi connectivity index (χ2v) is 6.40. The molecular formula is C18H20FN5O. The van der Waals surface area contributed by atoms with Crippen molar-refractivity contribution < 1.29 is 9.13 Å². The highest BCUT2D eigenvalue weighted by molar-refractivity contribution is 5.67. The fraction of sp³-hybridized carbons (Fsp3) is 0.333. The van der Waals surface area contributed by atoms with E-state index in [0.717, 1.165) is 24.3 Å². The van der Waals surface area contributed by atoms with E-state index in [9.17, 15) is 4.39 Å². The average Bonchev–Trinajstić information content (AvgIpc) is 2.95. The highest BCUT2D eigenvalue weighted by Crippen LogP contribution is 2.31. The van der Waals surface area contributed by atoms with E-state index in [1.165, 1.54) is 17.7 Å². The van der Waals surface area contributed by atoms with Crippen LogP contribution in [0.15, 0.2) is 42.9 Å². The maximum absolute atomic E-state index is 13.7. The van der Waals surface area contributed by atoms with Gasteiger partial charge in [-0.05, 0) is 24.3 Å². The van der Waals surface area contributed by atoms with E-state index in [1.807, 2.05) is 37.2 Å². The number of benzene rings is 1. The first-order valence-electron chi connectivity index (χ1n) is 8.22. The van der Waals surface area contributed by atoms with Crippen molar-refractivity contribution in [1.29, 1.82) is 0 Å². The van der Waals surface area contributed by atoms with Crippen LogP contribution < -0.4 is 4.74 Å². The molecule has 1 aromatic carbocycles. The Labute approximate surface area is 145 Å². The Bertz CT molecular complexity index is 887. The van der Waals surface area contributed by atoms with Crippen LogP contribution in [-0.4, -0.2) is 43.7 Å². The SMILES string of the molecule is Cn1cc(CN2CC2COc2ccc(F)cc2-c2ccnn2C)cn1. The molecule has 1 fully saturated rings. The fourth-order valence-electron chi connectivity index (χ4n) is 3.02. The van der Waals surface area contributed by atoms with Crippen molar-refractivity contribution in [3.63, 3.8) is 0 Å². The third-order valence-electron chi connectivity index (χ3n) is 4.44. The number of rotatable bonds is 6. The van der Waals surface area contributed by atoms with Crippen molar-refractivity contribution in [3.05, 3.63) is 54.2 Å². The normalized spacial score (nSPS) is 19.2. The first kappa shape index (κ1) is 15.8. The van der Waals surface area contributed by atoms with Crippen molar-refractivity contribution in [2.75, 3.05) is 13.2 Å². The summed E-state index contributed by atoms with van der Waals surface area (Å²) in [5.74, 6) is 0.395. The van der Waals surface area contributed by atoms with Crippen LogP contribution in [0.4, 0.5) is 4.39 Å². The molecule has 3 heterocycles. The number of aryl methyl sites for hydroxylation is 2. The maximum Gasteiger partial charge on any atom is 0.128 e. The highest BCUT2D eigenvalue weighted by atomic mass is 19.1. The predicted molar refractivity (Wildman–Crippen MR) is 91.5 cm³/mol. The molecule has 7 heteroatoms. The van der Waals surface area contributed by atoms with Crippen LogP contribution in [0, 0.1) is 5.82 Å². The molecule has 2 atom stereocenters. The molecule has 3 aromatic rings. The summed E-state index contributed by atoms with van der Waals surface area (Å²) in [5.41, 5.74) is 2.75. The number of aromatic nitrogens is 4. The summed E-state index contributed by atoms with van der Waals surface area (Å²) < 4.78 is 23.2. The van der Waals surface area contributed by atoms with Gasteiger partial charge in [-0.1, -0.05) is 0 Å². The van der Waals surface area contributed by atoms with Crippen LogP contribution in [0.5, 0.6) is 5.75 Å². The third-order valence-corrected chi connectivity index (χ3v) is 4.44. The maximum atomic E-state index is 13.7. The summed E-state index contributed by atoms with van der Waals surface area (Å²) in [6.45, 7) is 2.45. The van der Waals surface area contributed by atoms with Gasteiger partial charge in [0, 0.05) is 50.7 Å². The molecule has 0 N–H and O–H groups in total. The molecule has 1 saturated heterocycles. The molecule has 25 heavy (non-hydrogen) atoms. The minimum absolute atomic E-state index is 0.284. The summed E-state index contributed by atoms with van der Waals surface area (Å²) in [6, 6.07) is 6.84. The molecule has 0 aliphatic carbocycles.